The third-order valence-electron chi connectivity index (χ3n) is 3.16. The number of methoxy groups -OCH3 is 2. The maximum Gasteiger partial charge on any atom is 0.191 e. The van der Waals surface area contributed by atoms with Crippen LogP contribution in [0, 0.1) is 0 Å². The van der Waals surface area contributed by atoms with Crippen molar-refractivity contribution in [2.45, 2.75) is 13.1 Å². The maximum atomic E-state index is 5.43. The second kappa shape index (κ2) is 10.3. The van der Waals surface area contributed by atoms with Crippen molar-refractivity contribution in [3.63, 3.8) is 0 Å². The van der Waals surface area contributed by atoms with Gasteiger partial charge in [-0.3, -0.25) is 4.99 Å². The second-order valence-electron chi connectivity index (χ2n) is 4.51. The highest BCUT2D eigenvalue weighted by Crippen LogP contribution is 2.30. The van der Waals surface area contributed by atoms with Gasteiger partial charge in [-0.25, -0.2) is 0 Å². The van der Waals surface area contributed by atoms with E-state index < -0.39 is 0 Å². The van der Waals surface area contributed by atoms with Crippen molar-refractivity contribution in [3.05, 3.63) is 46.2 Å². The largest absolute Gasteiger partial charge is 0.493 e. The number of hydrogen-bond donors (Lipinski definition) is 2. The highest BCUT2D eigenvalue weighted by atomic mass is 127. The Morgan fingerprint density at radius 2 is 1.87 bits per heavy atom. The van der Waals surface area contributed by atoms with E-state index in [-0.39, 0.29) is 24.0 Å². The molecule has 0 amide bonds. The molecule has 0 aliphatic rings. The van der Waals surface area contributed by atoms with E-state index in [1.54, 1.807) is 32.6 Å². The molecule has 2 rings (SSSR count). The Morgan fingerprint density at radius 3 is 2.48 bits per heavy atom. The normalized spacial score (nSPS) is 10.7. The number of thiophene rings is 1. The lowest BCUT2D eigenvalue weighted by atomic mass is 10.2. The fourth-order valence-electron chi connectivity index (χ4n) is 2.08. The molecule has 7 heteroatoms. The van der Waals surface area contributed by atoms with Crippen LogP contribution in [-0.2, 0) is 13.1 Å². The van der Waals surface area contributed by atoms with E-state index in [9.17, 15) is 0 Å². The Kier molecular flexibility index (Phi) is 8.78. The fraction of sp³-hybridized carbons (Fsp3) is 0.312. The van der Waals surface area contributed by atoms with Crippen molar-refractivity contribution in [1.29, 1.82) is 0 Å². The molecule has 0 aliphatic heterocycles. The number of aliphatic imine (C=N–C) groups is 1. The molecule has 5 nitrogen and oxygen atoms in total. The SMILES string of the molecule is CN=C(NCc1cccs1)NCc1cccc(OC)c1OC.I. The molecule has 0 atom stereocenters. The van der Waals surface area contributed by atoms with Crippen LogP contribution in [0.5, 0.6) is 11.5 Å². The number of ether oxygens (including phenoxy) is 2. The van der Waals surface area contributed by atoms with E-state index in [4.69, 9.17) is 9.47 Å². The molecule has 0 saturated heterocycles. The molecular weight excluding hydrogens is 425 g/mol. The summed E-state index contributed by atoms with van der Waals surface area (Å²) in [6.07, 6.45) is 0. The van der Waals surface area contributed by atoms with Crippen molar-refractivity contribution in [1.82, 2.24) is 10.6 Å². The van der Waals surface area contributed by atoms with Crippen LogP contribution in [0.2, 0.25) is 0 Å². The first-order valence-corrected chi connectivity index (χ1v) is 7.83. The van der Waals surface area contributed by atoms with Crippen LogP contribution in [0.25, 0.3) is 0 Å². The topological polar surface area (TPSA) is 54.9 Å². The number of hydrogen-bond acceptors (Lipinski definition) is 4. The summed E-state index contributed by atoms with van der Waals surface area (Å²) in [6.45, 7) is 1.36. The van der Waals surface area contributed by atoms with Gasteiger partial charge in [-0.05, 0) is 17.5 Å². The lowest BCUT2D eigenvalue weighted by Gasteiger charge is -2.15. The van der Waals surface area contributed by atoms with Crippen molar-refractivity contribution < 1.29 is 9.47 Å². The van der Waals surface area contributed by atoms with Crippen molar-refractivity contribution in [2.75, 3.05) is 21.3 Å². The van der Waals surface area contributed by atoms with Gasteiger partial charge in [0.2, 0.25) is 0 Å². The Labute approximate surface area is 158 Å². The Morgan fingerprint density at radius 1 is 1.09 bits per heavy atom. The van der Waals surface area contributed by atoms with Gasteiger partial charge in [0.25, 0.3) is 0 Å². The Bertz CT molecular complexity index is 618. The molecule has 0 fully saturated rings. The lowest BCUT2D eigenvalue weighted by molar-refractivity contribution is 0.351. The summed E-state index contributed by atoms with van der Waals surface area (Å²) in [5, 5.41) is 8.63. The summed E-state index contributed by atoms with van der Waals surface area (Å²) in [4.78, 5) is 5.49. The number of nitrogens with zero attached hydrogens (tertiary/aromatic N) is 1. The first kappa shape index (κ1) is 19.6. The van der Waals surface area contributed by atoms with E-state index in [0.717, 1.165) is 29.6 Å². The minimum Gasteiger partial charge on any atom is -0.493 e. The molecule has 2 aromatic rings. The summed E-state index contributed by atoms with van der Waals surface area (Å²) < 4.78 is 10.7. The van der Waals surface area contributed by atoms with Gasteiger partial charge in [-0.15, -0.1) is 35.3 Å². The van der Waals surface area contributed by atoms with Crippen molar-refractivity contribution >= 4 is 41.3 Å². The molecule has 1 aromatic heterocycles. The van der Waals surface area contributed by atoms with Gasteiger partial charge in [-0.2, -0.15) is 0 Å². The molecular formula is C16H22IN3O2S. The zero-order valence-electron chi connectivity index (χ0n) is 13.5. The summed E-state index contributed by atoms with van der Waals surface area (Å²) in [7, 11) is 5.04. The van der Waals surface area contributed by atoms with Gasteiger partial charge >= 0.3 is 0 Å². The van der Waals surface area contributed by atoms with Crippen LogP contribution in [-0.4, -0.2) is 27.2 Å². The summed E-state index contributed by atoms with van der Waals surface area (Å²) in [5.74, 6) is 2.22. The summed E-state index contributed by atoms with van der Waals surface area (Å²) in [5.41, 5.74) is 1.01. The predicted molar refractivity (Wildman–Crippen MR) is 106 cm³/mol. The van der Waals surface area contributed by atoms with Crippen LogP contribution in [0.15, 0.2) is 40.7 Å². The molecule has 2 N–H and O–H groups in total. The second-order valence-corrected chi connectivity index (χ2v) is 5.54. The van der Waals surface area contributed by atoms with Gasteiger partial charge < -0.3 is 20.1 Å². The average molecular weight is 447 g/mol. The molecule has 0 bridgehead atoms. The molecule has 0 radical (unpaired) electrons. The van der Waals surface area contributed by atoms with Crippen molar-refractivity contribution in [2.24, 2.45) is 4.99 Å². The van der Waals surface area contributed by atoms with E-state index in [0.29, 0.717) is 6.54 Å². The molecule has 23 heavy (non-hydrogen) atoms. The zero-order chi connectivity index (χ0) is 15.8. The molecule has 126 valence electrons. The summed E-state index contributed by atoms with van der Waals surface area (Å²) >= 11 is 1.72. The van der Waals surface area contributed by atoms with Crippen LogP contribution >= 0.6 is 35.3 Å². The molecule has 0 aliphatic carbocycles. The first-order valence-electron chi connectivity index (χ1n) is 6.95. The van der Waals surface area contributed by atoms with Gasteiger partial charge in [-0.1, -0.05) is 18.2 Å². The maximum absolute atomic E-state index is 5.43. The van der Waals surface area contributed by atoms with E-state index in [2.05, 4.69) is 27.1 Å². The molecule has 0 spiro atoms. The number of nitrogens with one attached hydrogen (secondary N) is 2. The third-order valence-corrected chi connectivity index (χ3v) is 4.04. The molecule has 0 saturated carbocycles. The smallest absolute Gasteiger partial charge is 0.191 e. The van der Waals surface area contributed by atoms with Crippen LogP contribution in [0.3, 0.4) is 0 Å². The van der Waals surface area contributed by atoms with E-state index in [1.165, 1.54) is 4.88 Å². The molecule has 1 aromatic carbocycles. The molecule has 0 unspecified atom stereocenters. The monoisotopic (exact) mass is 447 g/mol. The Balaban J connectivity index is 0.00000264. The number of benzene rings is 1. The van der Waals surface area contributed by atoms with Crippen molar-refractivity contribution in [3.8, 4) is 11.5 Å². The number of halogens is 1. The van der Waals surface area contributed by atoms with Crippen LogP contribution < -0.4 is 20.1 Å². The van der Waals surface area contributed by atoms with Crippen LogP contribution in [0.4, 0.5) is 0 Å². The number of rotatable bonds is 6. The standard InChI is InChI=1S/C16H21N3O2S.HI/c1-17-16(19-11-13-7-5-9-22-13)18-10-12-6-4-8-14(20-2)15(12)21-3;/h4-9H,10-11H2,1-3H3,(H2,17,18,19);1H. The zero-order valence-corrected chi connectivity index (χ0v) is 16.6. The highest BCUT2D eigenvalue weighted by molar-refractivity contribution is 14.0. The highest BCUT2D eigenvalue weighted by Gasteiger charge is 2.09. The number of guanidine groups is 1. The summed E-state index contributed by atoms with van der Waals surface area (Å²) in [6, 6.07) is 9.96. The Hall–Kier alpha value is -1.48. The van der Waals surface area contributed by atoms with Gasteiger partial charge in [0.1, 0.15) is 0 Å². The average Bonchev–Trinajstić information content (AvgIpc) is 3.08. The van der Waals surface area contributed by atoms with E-state index in [1.807, 2.05) is 24.3 Å². The van der Waals surface area contributed by atoms with Crippen LogP contribution in [0.1, 0.15) is 10.4 Å². The van der Waals surface area contributed by atoms with E-state index >= 15 is 0 Å². The third kappa shape index (κ3) is 5.58. The van der Waals surface area contributed by atoms with Gasteiger partial charge in [0.15, 0.2) is 17.5 Å². The fourth-order valence-corrected chi connectivity index (χ4v) is 2.72. The minimum absolute atomic E-state index is 0. The van der Waals surface area contributed by atoms with Gasteiger partial charge in [0.05, 0.1) is 20.8 Å². The lowest BCUT2D eigenvalue weighted by Crippen LogP contribution is -2.36. The van der Waals surface area contributed by atoms with Gasteiger partial charge in [0, 0.05) is 24.0 Å². The minimum atomic E-state index is 0. The number of para-hydroxylation sites is 1. The molecule has 1 heterocycles. The quantitative estimate of drug-likeness (QED) is 0.406. The first-order chi connectivity index (χ1) is 10.8. The predicted octanol–water partition coefficient (Wildman–Crippen LogP) is 3.25.